The molecule has 0 spiro atoms. The summed E-state index contributed by atoms with van der Waals surface area (Å²) in [6.45, 7) is 1.63. The summed E-state index contributed by atoms with van der Waals surface area (Å²) in [6.07, 6.45) is 9.83. The number of halogens is 2. The molecule has 0 aliphatic heterocycles. The molecule has 1 saturated carbocycles. The molecule has 0 aromatic carbocycles. The van der Waals surface area contributed by atoms with Gasteiger partial charge in [-0.1, -0.05) is 5.92 Å². The van der Waals surface area contributed by atoms with Crippen molar-refractivity contribution < 1.29 is 0 Å². The zero-order chi connectivity index (χ0) is 11.5. The number of hydrogen-bond donors (Lipinski definition) is 0. The quantitative estimate of drug-likeness (QED) is 0.778. The Morgan fingerprint density at radius 1 is 1.50 bits per heavy atom. The second kappa shape index (κ2) is 5.20. The molecule has 16 heavy (non-hydrogen) atoms. The molecule has 4 heteroatoms. The Balaban J connectivity index is 2.19. The van der Waals surface area contributed by atoms with Gasteiger partial charge in [-0.05, 0) is 56.7 Å². The van der Waals surface area contributed by atoms with Crippen LogP contribution in [0.2, 0.25) is 0 Å². The molecule has 1 aliphatic carbocycles. The number of anilines is 1. The average molecular weight is 344 g/mol. The lowest BCUT2D eigenvalue weighted by atomic mass is 10.3. The molecule has 84 valence electrons. The highest BCUT2D eigenvalue weighted by molar-refractivity contribution is 9.11. The Kier molecular flexibility index (Phi) is 3.88. The lowest BCUT2D eigenvalue weighted by molar-refractivity contribution is 0.753. The van der Waals surface area contributed by atoms with Gasteiger partial charge >= 0.3 is 0 Å². The summed E-state index contributed by atoms with van der Waals surface area (Å²) in [5.74, 6) is 4.43. The van der Waals surface area contributed by atoms with Crippen LogP contribution in [-0.4, -0.2) is 18.1 Å². The normalized spacial score (nSPS) is 14.6. The zero-order valence-corrected chi connectivity index (χ0v) is 12.0. The lowest BCUT2D eigenvalue weighted by Crippen LogP contribution is -2.27. The van der Waals surface area contributed by atoms with E-state index in [1.165, 1.54) is 12.8 Å². The van der Waals surface area contributed by atoms with Crippen LogP contribution < -0.4 is 4.90 Å². The largest absolute Gasteiger partial charge is 0.344 e. The first-order chi connectivity index (χ1) is 7.70. The van der Waals surface area contributed by atoms with E-state index in [1.54, 1.807) is 6.20 Å². The molecule has 1 fully saturated rings. The topological polar surface area (TPSA) is 16.1 Å². The highest BCUT2D eigenvalue weighted by Crippen LogP contribution is 2.33. The van der Waals surface area contributed by atoms with Gasteiger partial charge in [0.15, 0.2) is 0 Å². The van der Waals surface area contributed by atoms with Crippen LogP contribution in [0.5, 0.6) is 0 Å². The van der Waals surface area contributed by atoms with E-state index in [2.05, 4.69) is 47.7 Å². The molecule has 0 saturated heterocycles. The van der Waals surface area contributed by atoms with Crippen LogP contribution in [-0.2, 0) is 0 Å². The molecular formula is C12H12Br2N2. The van der Waals surface area contributed by atoms with Gasteiger partial charge in [-0.25, -0.2) is 4.98 Å². The number of rotatable bonds is 4. The molecule has 0 bridgehead atoms. The maximum absolute atomic E-state index is 5.40. The SMILES string of the molecule is C#CCN(CC1CC1)c1ncc(Br)cc1Br. The van der Waals surface area contributed by atoms with E-state index < -0.39 is 0 Å². The van der Waals surface area contributed by atoms with Crippen molar-refractivity contribution in [1.82, 2.24) is 4.98 Å². The Morgan fingerprint density at radius 2 is 2.25 bits per heavy atom. The van der Waals surface area contributed by atoms with Gasteiger partial charge in [-0.2, -0.15) is 0 Å². The summed E-state index contributed by atoms with van der Waals surface area (Å²) in [6, 6.07) is 2.00. The number of pyridine rings is 1. The third kappa shape index (κ3) is 2.99. The summed E-state index contributed by atoms with van der Waals surface area (Å²) in [5, 5.41) is 0. The van der Waals surface area contributed by atoms with Gasteiger partial charge in [0.05, 0.1) is 11.0 Å². The highest BCUT2D eigenvalue weighted by Gasteiger charge is 2.25. The van der Waals surface area contributed by atoms with E-state index in [4.69, 9.17) is 6.42 Å². The summed E-state index contributed by atoms with van der Waals surface area (Å²) in [5.41, 5.74) is 0. The van der Waals surface area contributed by atoms with Gasteiger partial charge < -0.3 is 4.90 Å². The van der Waals surface area contributed by atoms with E-state index in [-0.39, 0.29) is 0 Å². The fourth-order valence-corrected chi connectivity index (χ4v) is 2.83. The molecule has 1 aliphatic rings. The number of nitrogens with zero attached hydrogens (tertiary/aromatic N) is 2. The van der Waals surface area contributed by atoms with E-state index in [0.717, 1.165) is 27.2 Å². The standard InChI is InChI=1S/C12H12Br2N2/c1-2-5-16(8-9-3-4-9)12-11(14)6-10(13)7-15-12/h1,6-7,9H,3-5,8H2. The summed E-state index contributed by atoms with van der Waals surface area (Å²) >= 11 is 6.92. The Hall–Kier alpha value is -0.530. The molecule has 1 aromatic rings. The second-order valence-corrected chi connectivity index (χ2v) is 5.76. The van der Waals surface area contributed by atoms with Crippen LogP contribution in [0.15, 0.2) is 21.2 Å². The van der Waals surface area contributed by atoms with Gasteiger partial charge in [0.1, 0.15) is 5.82 Å². The van der Waals surface area contributed by atoms with Crippen molar-refractivity contribution in [3.8, 4) is 12.3 Å². The fourth-order valence-electron chi connectivity index (χ4n) is 1.59. The number of hydrogen-bond acceptors (Lipinski definition) is 2. The Morgan fingerprint density at radius 3 is 2.81 bits per heavy atom. The van der Waals surface area contributed by atoms with Crippen molar-refractivity contribution in [1.29, 1.82) is 0 Å². The van der Waals surface area contributed by atoms with E-state index in [1.807, 2.05) is 6.07 Å². The Bertz CT molecular complexity index is 422. The molecule has 2 rings (SSSR count). The summed E-state index contributed by atoms with van der Waals surface area (Å²) in [4.78, 5) is 6.58. The molecule has 0 radical (unpaired) electrons. The van der Waals surface area contributed by atoms with Gasteiger partial charge in [-0.3, -0.25) is 0 Å². The van der Waals surface area contributed by atoms with E-state index in [9.17, 15) is 0 Å². The zero-order valence-electron chi connectivity index (χ0n) is 8.79. The average Bonchev–Trinajstić information content (AvgIpc) is 3.01. The van der Waals surface area contributed by atoms with E-state index >= 15 is 0 Å². The van der Waals surface area contributed by atoms with Gasteiger partial charge in [0, 0.05) is 17.2 Å². The monoisotopic (exact) mass is 342 g/mol. The maximum Gasteiger partial charge on any atom is 0.143 e. The van der Waals surface area contributed by atoms with Gasteiger partial charge in [-0.15, -0.1) is 6.42 Å². The molecule has 1 heterocycles. The molecule has 0 amide bonds. The third-order valence-corrected chi connectivity index (χ3v) is 3.56. The predicted octanol–water partition coefficient (Wildman–Crippen LogP) is 3.46. The predicted molar refractivity (Wildman–Crippen MR) is 73.4 cm³/mol. The van der Waals surface area contributed by atoms with Crippen molar-refractivity contribution in [2.75, 3.05) is 18.0 Å². The number of aromatic nitrogens is 1. The van der Waals surface area contributed by atoms with Crippen molar-refractivity contribution in [2.45, 2.75) is 12.8 Å². The first kappa shape index (κ1) is 11.9. The van der Waals surface area contributed by atoms with Crippen LogP contribution in [0, 0.1) is 18.3 Å². The first-order valence-corrected chi connectivity index (χ1v) is 6.78. The van der Waals surface area contributed by atoms with Crippen LogP contribution >= 0.6 is 31.9 Å². The van der Waals surface area contributed by atoms with E-state index in [0.29, 0.717) is 6.54 Å². The minimum Gasteiger partial charge on any atom is -0.344 e. The van der Waals surface area contributed by atoms with Gasteiger partial charge in [0.2, 0.25) is 0 Å². The number of terminal acetylenes is 1. The first-order valence-electron chi connectivity index (χ1n) is 5.20. The summed E-state index contributed by atoms with van der Waals surface area (Å²) in [7, 11) is 0. The smallest absolute Gasteiger partial charge is 0.143 e. The van der Waals surface area contributed by atoms with Crippen molar-refractivity contribution in [2.24, 2.45) is 5.92 Å². The molecule has 0 unspecified atom stereocenters. The summed E-state index contributed by atoms with van der Waals surface area (Å²) < 4.78 is 1.95. The highest BCUT2D eigenvalue weighted by atomic mass is 79.9. The Labute approximate surface area is 113 Å². The van der Waals surface area contributed by atoms with Crippen LogP contribution in [0.25, 0.3) is 0 Å². The van der Waals surface area contributed by atoms with Gasteiger partial charge in [0.25, 0.3) is 0 Å². The minimum absolute atomic E-state index is 0.615. The van der Waals surface area contributed by atoms with Crippen LogP contribution in [0.1, 0.15) is 12.8 Å². The fraction of sp³-hybridized carbons (Fsp3) is 0.417. The second-order valence-electron chi connectivity index (χ2n) is 3.99. The van der Waals surface area contributed by atoms with Crippen LogP contribution in [0.4, 0.5) is 5.82 Å². The molecule has 2 nitrogen and oxygen atoms in total. The van der Waals surface area contributed by atoms with Crippen molar-refractivity contribution >= 4 is 37.7 Å². The molecule has 0 atom stereocenters. The molecule has 0 N–H and O–H groups in total. The molecule has 1 aromatic heterocycles. The minimum atomic E-state index is 0.615. The van der Waals surface area contributed by atoms with Crippen LogP contribution in [0.3, 0.4) is 0 Å². The molecular weight excluding hydrogens is 332 g/mol. The van der Waals surface area contributed by atoms with Crippen molar-refractivity contribution in [3.05, 3.63) is 21.2 Å². The third-order valence-electron chi connectivity index (χ3n) is 2.55. The van der Waals surface area contributed by atoms with Crippen molar-refractivity contribution in [3.63, 3.8) is 0 Å². The maximum atomic E-state index is 5.40. The lowest BCUT2D eigenvalue weighted by Gasteiger charge is -2.22.